The molecule has 0 aliphatic carbocycles. The molecule has 5 nitrogen and oxygen atoms in total. The zero-order valence-corrected chi connectivity index (χ0v) is 17.0. The van der Waals surface area contributed by atoms with Crippen molar-refractivity contribution < 1.29 is 18.3 Å². The van der Waals surface area contributed by atoms with E-state index in [1.165, 1.54) is 5.56 Å². The predicted octanol–water partition coefficient (Wildman–Crippen LogP) is 3.73. The number of hydrogen-bond donors (Lipinski definition) is 2. The van der Waals surface area contributed by atoms with Crippen LogP contribution in [-0.4, -0.2) is 48.6 Å². The van der Waals surface area contributed by atoms with E-state index in [4.69, 9.17) is 0 Å². The van der Waals surface area contributed by atoms with E-state index in [2.05, 4.69) is 11.1 Å². The molecule has 0 radical (unpaired) electrons. The molecule has 0 saturated carbocycles. The van der Waals surface area contributed by atoms with Gasteiger partial charge in [-0.25, -0.2) is 13.6 Å². The number of aryl methyl sites for hydroxylation is 1. The van der Waals surface area contributed by atoms with Gasteiger partial charge in [-0.3, -0.25) is 0 Å². The molecule has 28 heavy (non-hydrogen) atoms. The van der Waals surface area contributed by atoms with Crippen LogP contribution >= 0.6 is 0 Å². The molecule has 2 heterocycles. The summed E-state index contributed by atoms with van der Waals surface area (Å²) in [6.07, 6.45) is 5.39. The van der Waals surface area contributed by atoms with Crippen molar-refractivity contribution in [2.24, 2.45) is 0 Å². The van der Waals surface area contributed by atoms with Gasteiger partial charge in [0.05, 0.1) is 17.7 Å². The van der Waals surface area contributed by atoms with Gasteiger partial charge >= 0.3 is 0 Å². The Kier molecular flexibility index (Phi) is 5.04. The van der Waals surface area contributed by atoms with Gasteiger partial charge < -0.3 is 4.98 Å². The number of likely N-dealkylation sites (N-methyl/N-ethyl adjacent to an activating group) is 1. The van der Waals surface area contributed by atoms with Crippen molar-refractivity contribution in [3.8, 4) is 0 Å². The maximum Gasteiger partial charge on any atom is 0.178 e. The maximum atomic E-state index is 12.6. The van der Waals surface area contributed by atoms with Gasteiger partial charge in [0.15, 0.2) is 9.84 Å². The van der Waals surface area contributed by atoms with E-state index in [9.17, 15) is 13.6 Å². The number of likely N-dealkylation sites (tertiary alicyclic amines) is 1. The van der Waals surface area contributed by atoms with Gasteiger partial charge in [-0.15, -0.1) is 0 Å². The van der Waals surface area contributed by atoms with Gasteiger partial charge in [-0.1, -0.05) is 24.3 Å². The average molecular weight is 400 g/mol. The minimum absolute atomic E-state index is 0.0850. The van der Waals surface area contributed by atoms with Gasteiger partial charge in [0.1, 0.15) is 12.6 Å². The fraction of sp³-hybridized carbons (Fsp3) is 0.364. The Bertz CT molecular complexity index is 1070. The minimum Gasteiger partial charge on any atom is -0.361 e. The van der Waals surface area contributed by atoms with Crippen LogP contribution in [0.1, 0.15) is 24.0 Å². The standard InChI is InChI=1S/C22H27N2O3S/c1-24(25)12-5-6-19(24)15-18-16-23-22-10-9-17(14-21(18)22)11-13-28(26,27)20-7-3-2-4-8-20/h2-4,7-10,14,16,19,23,25H,5-6,11-13,15H2,1H3/q+1. The summed E-state index contributed by atoms with van der Waals surface area (Å²) in [4.78, 5) is 3.68. The van der Waals surface area contributed by atoms with E-state index in [-0.39, 0.29) is 16.4 Å². The third-order valence-electron chi connectivity index (χ3n) is 5.98. The van der Waals surface area contributed by atoms with Crippen molar-refractivity contribution in [2.45, 2.75) is 36.6 Å². The molecule has 2 unspecified atom stereocenters. The zero-order valence-electron chi connectivity index (χ0n) is 16.1. The lowest BCUT2D eigenvalue weighted by Gasteiger charge is -2.27. The lowest BCUT2D eigenvalue weighted by Crippen LogP contribution is -2.45. The molecule has 1 saturated heterocycles. The van der Waals surface area contributed by atoms with Crippen LogP contribution in [0.4, 0.5) is 0 Å². The summed E-state index contributed by atoms with van der Waals surface area (Å²) in [5.41, 5.74) is 3.25. The van der Waals surface area contributed by atoms with Crippen molar-refractivity contribution in [2.75, 3.05) is 19.3 Å². The topological polar surface area (TPSA) is 70.2 Å². The number of hydrogen-bond acceptors (Lipinski definition) is 3. The third-order valence-corrected chi connectivity index (χ3v) is 7.72. The molecule has 0 spiro atoms. The quantitative estimate of drug-likeness (QED) is 0.621. The lowest BCUT2D eigenvalue weighted by molar-refractivity contribution is -1.10. The number of nitrogens with zero attached hydrogens (tertiary/aromatic N) is 1. The van der Waals surface area contributed by atoms with Crippen molar-refractivity contribution >= 4 is 20.7 Å². The van der Waals surface area contributed by atoms with Crippen LogP contribution in [0.15, 0.2) is 59.6 Å². The average Bonchev–Trinajstić information content (AvgIpc) is 3.24. The van der Waals surface area contributed by atoms with Crippen LogP contribution in [0.25, 0.3) is 10.9 Å². The molecule has 3 aromatic rings. The fourth-order valence-corrected chi connectivity index (χ4v) is 5.52. The monoisotopic (exact) mass is 399 g/mol. The Balaban J connectivity index is 1.53. The Morgan fingerprint density at radius 3 is 2.68 bits per heavy atom. The van der Waals surface area contributed by atoms with Crippen LogP contribution in [0, 0.1) is 0 Å². The van der Waals surface area contributed by atoms with Crippen molar-refractivity contribution in [1.29, 1.82) is 0 Å². The predicted molar refractivity (Wildman–Crippen MR) is 110 cm³/mol. The fourth-order valence-electron chi connectivity index (χ4n) is 4.21. The summed E-state index contributed by atoms with van der Waals surface area (Å²) >= 11 is 0. The molecule has 1 aliphatic heterocycles. The number of benzene rings is 2. The second kappa shape index (κ2) is 7.35. The van der Waals surface area contributed by atoms with Gasteiger partial charge in [0.2, 0.25) is 0 Å². The summed E-state index contributed by atoms with van der Waals surface area (Å²) in [6.45, 7) is 0.801. The number of H-pyrrole nitrogens is 1. The highest BCUT2D eigenvalue weighted by molar-refractivity contribution is 7.91. The molecular formula is C22H27N2O3S+. The summed E-state index contributed by atoms with van der Waals surface area (Å²) in [6, 6.07) is 14.9. The molecule has 1 aliphatic rings. The van der Waals surface area contributed by atoms with E-state index >= 15 is 0 Å². The van der Waals surface area contributed by atoms with Gasteiger partial charge in [0.25, 0.3) is 0 Å². The number of aromatic nitrogens is 1. The van der Waals surface area contributed by atoms with E-state index in [1.54, 1.807) is 24.3 Å². The molecule has 6 heteroatoms. The Morgan fingerprint density at radius 2 is 1.96 bits per heavy atom. The number of rotatable bonds is 6. The van der Waals surface area contributed by atoms with Crippen LogP contribution in [0.5, 0.6) is 0 Å². The van der Waals surface area contributed by atoms with Crippen LogP contribution in [0.3, 0.4) is 0 Å². The SMILES string of the molecule is C[N+]1(O)CCCC1Cc1c[nH]c2ccc(CCS(=O)(=O)c3ccccc3)cc12. The largest absolute Gasteiger partial charge is 0.361 e. The highest BCUT2D eigenvalue weighted by atomic mass is 32.2. The first-order valence-corrected chi connectivity index (χ1v) is 11.4. The third kappa shape index (κ3) is 3.85. The van der Waals surface area contributed by atoms with E-state index in [0.29, 0.717) is 11.3 Å². The second-order valence-electron chi connectivity index (χ2n) is 8.01. The van der Waals surface area contributed by atoms with Gasteiger partial charge in [-0.05, 0) is 41.8 Å². The molecule has 2 atom stereocenters. The normalized spacial score (nSPS) is 22.7. The number of aromatic amines is 1. The van der Waals surface area contributed by atoms with Crippen LogP contribution < -0.4 is 0 Å². The first-order valence-electron chi connectivity index (χ1n) is 9.80. The molecule has 148 valence electrons. The minimum atomic E-state index is -3.29. The highest BCUT2D eigenvalue weighted by Gasteiger charge is 2.37. The molecule has 0 bridgehead atoms. The number of nitrogens with one attached hydrogen (secondary N) is 1. The smallest absolute Gasteiger partial charge is 0.178 e. The Morgan fingerprint density at radius 1 is 1.18 bits per heavy atom. The maximum absolute atomic E-state index is 12.6. The molecule has 1 aromatic heterocycles. The number of quaternary nitrogens is 1. The van der Waals surface area contributed by atoms with Crippen molar-refractivity contribution in [3.63, 3.8) is 0 Å². The van der Waals surface area contributed by atoms with Crippen LogP contribution in [-0.2, 0) is 22.7 Å². The Labute approximate surface area is 166 Å². The van der Waals surface area contributed by atoms with Crippen molar-refractivity contribution in [3.05, 3.63) is 65.9 Å². The summed E-state index contributed by atoms with van der Waals surface area (Å²) in [5, 5.41) is 11.6. The number of hydroxylamine groups is 3. The first kappa shape index (κ1) is 19.2. The zero-order chi connectivity index (χ0) is 19.8. The second-order valence-corrected chi connectivity index (χ2v) is 10.1. The Hall–Kier alpha value is -2.15. The molecule has 0 amide bonds. The van der Waals surface area contributed by atoms with E-state index < -0.39 is 9.84 Å². The van der Waals surface area contributed by atoms with Crippen molar-refractivity contribution in [1.82, 2.24) is 4.98 Å². The molecule has 2 aromatic carbocycles. The number of sulfone groups is 1. The molecule has 4 rings (SSSR count). The van der Waals surface area contributed by atoms with Crippen LogP contribution in [0.2, 0.25) is 0 Å². The molecule has 2 N–H and O–H groups in total. The summed E-state index contributed by atoms with van der Waals surface area (Å²) < 4.78 is 25.2. The molecule has 1 fully saturated rings. The van der Waals surface area contributed by atoms with Gasteiger partial charge in [0, 0.05) is 36.4 Å². The lowest BCUT2D eigenvalue weighted by atomic mass is 10.0. The van der Waals surface area contributed by atoms with E-state index in [1.807, 2.05) is 31.4 Å². The summed E-state index contributed by atoms with van der Waals surface area (Å²) in [5.74, 6) is 0.0938. The number of fused-ring (bicyclic) bond motifs is 1. The summed E-state index contributed by atoms with van der Waals surface area (Å²) in [7, 11) is -1.40. The van der Waals surface area contributed by atoms with E-state index in [0.717, 1.165) is 42.3 Å². The van der Waals surface area contributed by atoms with Gasteiger partial charge in [-0.2, -0.15) is 4.65 Å². The first-order chi connectivity index (χ1) is 13.4. The highest BCUT2D eigenvalue weighted by Crippen LogP contribution is 2.29. The molecular weight excluding hydrogens is 372 g/mol.